The Morgan fingerprint density at radius 2 is 1.85 bits per heavy atom. The van der Waals surface area contributed by atoms with Gasteiger partial charge in [0.25, 0.3) is 0 Å². The normalized spacial score (nSPS) is 18.8. The summed E-state index contributed by atoms with van der Waals surface area (Å²) in [5, 5.41) is 5.52. The maximum Gasteiger partial charge on any atom is 0.435 e. The number of ether oxygens (including phenoxy) is 1. The molecular weight excluding hydrogens is 408 g/mol. The van der Waals surface area contributed by atoms with Crippen LogP contribution >= 0.6 is 0 Å². The number of aromatic amines is 1. The van der Waals surface area contributed by atoms with Crippen LogP contribution in [0.5, 0.6) is 5.88 Å². The van der Waals surface area contributed by atoms with Crippen molar-refractivity contribution in [3.05, 3.63) is 11.3 Å². The lowest BCUT2D eigenvalue weighted by atomic mass is 10.1. The summed E-state index contributed by atoms with van der Waals surface area (Å²) in [6.45, 7) is 1.98. The number of hydrogen-bond acceptors (Lipinski definition) is 6. The Bertz CT molecular complexity index is 841. The molecule has 7 nitrogen and oxygen atoms in total. The molecule has 0 saturated heterocycles. The van der Waals surface area contributed by atoms with E-state index in [0.29, 0.717) is 0 Å². The quantitative estimate of drug-likeness (QED) is 0.750. The highest BCUT2D eigenvalue weighted by molar-refractivity contribution is 8.06. The van der Waals surface area contributed by atoms with E-state index >= 15 is 0 Å². The van der Waals surface area contributed by atoms with Crippen molar-refractivity contribution in [3.63, 3.8) is 0 Å². The molecule has 0 radical (unpaired) electrons. The van der Waals surface area contributed by atoms with Crippen molar-refractivity contribution >= 4 is 14.9 Å². The van der Waals surface area contributed by atoms with Gasteiger partial charge in [0, 0.05) is 6.42 Å². The van der Waals surface area contributed by atoms with Gasteiger partial charge in [-0.15, -0.1) is 0 Å². The molecule has 0 fully saturated rings. The van der Waals surface area contributed by atoms with E-state index in [0.717, 1.165) is 6.92 Å². The summed E-state index contributed by atoms with van der Waals surface area (Å²) in [4.78, 5) is 4.91. The predicted octanol–water partition coefficient (Wildman–Crippen LogP) is 3.36. The number of nitrogens with zero attached hydrogens (tertiary/aromatic N) is 2. The maximum atomic E-state index is 13.2. The third-order valence-corrected chi connectivity index (χ3v) is 5.63. The van der Waals surface area contributed by atoms with Crippen LogP contribution in [-0.2, 0) is 20.9 Å². The zero-order valence-corrected chi connectivity index (χ0v) is 15.0. The third-order valence-electron chi connectivity index (χ3n) is 3.59. The molecule has 0 bridgehead atoms. The fourth-order valence-electron chi connectivity index (χ4n) is 2.31. The van der Waals surface area contributed by atoms with Gasteiger partial charge in [-0.1, -0.05) is 5.16 Å². The highest BCUT2D eigenvalue weighted by Crippen LogP contribution is 2.42. The summed E-state index contributed by atoms with van der Waals surface area (Å²) in [6.07, 6.45) is -10.2. The number of nitrogens with one attached hydrogen (secondary N) is 1. The first kappa shape index (κ1) is 21.3. The summed E-state index contributed by atoms with van der Waals surface area (Å²) < 4.78 is 106. The molecule has 0 amide bonds. The van der Waals surface area contributed by atoms with Crippen LogP contribution < -0.4 is 4.74 Å². The van der Waals surface area contributed by atoms with Crippen LogP contribution in [0.1, 0.15) is 43.7 Å². The van der Waals surface area contributed by atoms with Gasteiger partial charge in [0.2, 0.25) is 15.7 Å². The highest BCUT2D eigenvalue weighted by Gasteiger charge is 2.46. The molecule has 1 aromatic heterocycles. The number of hydrogen-bond donors (Lipinski definition) is 1. The Morgan fingerprint density at radius 3 is 2.30 bits per heavy atom. The second-order valence-corrected chi connectivity index (χ2v) is 8.69. The van der Waals surface area contributed by atoms with Crippen molar-refractivity contribution in [3.8, 4) is 5.88 Å². The van der Waals surface area contributed by atoms with Gasteiger partial charge in [-0.25, -0.2) is 13.5 Å². The molecular formula is C13H15F6N3O4S. The number of alkyl halides is 6. The lowest BCUT2D eigenvalue weighted by molar-refractivity contribution is -0.154. The van der Waals surface area contributed by atoms with Gasteiger partial charge in [0.1, 0.15) is 5.60 Å². The second kappa shape index (κ2) is 6.56. The molecule has 2 heterocycles. The average Bonchev–Trinajstić information content (AvgIpc) is 3.06. The summed E-state index contributed by atoms with van der Waals surface area (Å²) in [5.41, 5.74) is -3.73. The van der Waals surface area contributed by atoms with Gasteiger partial charge < -0.3 is 9.57 Å². The molecule has 0 aromatic carbocycles. The van der Waals surface area contributed by atoms with Crippen LogP contribution in [0.4, 0.5) is 26.3 Å². The molecule has 1 N–H and O–H groups in total. The predicted molar refractivity (Wildman–Crippen MR) is 79.7 cm³/mol. The first-order valence-electron chi connectivity index (χ1n) is 7.38. The summed E-state index contributed by atoms with van der Waals surface area (Å²) >= 11 is 0. The standard InChI is InChI=1S/C13H15F6N3O4S/c1-6(27(23,24)7-4-11(2,3)26-22-7)8-9(13(17,18)19)20-21-10(8)25-5-12(14,15)16/h6H,4-5H2,1-3H3,(H,20,21). The van der Waals surface area contributed by atoms with Crippen molar-refractivity contribution in [2.24, 2.45) is 5.16 Å². The first-order valence-corrected chi connectivity index (χ1v) is 8.93. The molecule has 2 rings (SSSR count). The van der Waals surface area contributed by atoms with E-state index in [2.05, 4.69) is 15.0 Å². The van der Waals surface area contributed by atoms with Crippen molar-refractivity contribution in [1.29, 1.82) is 0 Å². The van der Waals surface area contributed by atoms with E-state index in [1.807, 2.05) is 0 Å². The number of oxime groups is 1. The Balaban J connectivity index is 2.47. The Morgan fingerprint density at radius 1 is 1.26 bits per heavy atom. The summed E-state index contributed by atoms with van der Waals surface area (Å²) in [6, 6.07) is 0. The number of aromatic nitrogens is 2. The molecule has 0 saturated carbocycles. The molecule has 1 aliphatic heterocycles. The van der Waals surface area contributed by atoms with Gasteiger partial charge in [0.15, 0.2) is 17.3 Å². The van der Waals surface area contributed by atoms with Crippen LogP contribution in [0.25, 0.3) is 0 Å². The molecule has 27 heavy (non-hydrogen) atoms. The molecule has 1 aromatic rings. The summed E-state index contributed by atoms with van der Waals surface area (Å²) in [7, 11) is -4.49. The van der Waals surface area contributed by atoms with Gasteiger partial charge >= 0.3 is 12.4 Å². The van der Waals surface area contributed by atoms with E-state index in [9.17, 15) is 34.8 Å². The third kappa shape index (κ3) is 4.65. The van der Waals surface area contributed by atoms with Gasteiger partial charge in [-0.3, -0.25) is 0 Å². The lowest BCUT2D eigenvalue weighted by Crippen LogP contribution is -2.26. The zero-order valence-electron chi connectivity index (χ0n) is 14.2. The number of rotatable bonds is 4. The van der Waals surface area contributed by atoms with Crippen molar-refractivity contribution in [1.82, 2.24) is 10.2 Å². The van der Waals surface area contributed by atoms with Crippen LogP contribution in [0.2, 0.25) is 0 Å². The minimum Gasteiger partial charge on any atom is -0.468 e. The van der Waals surface area contributed by atoms with Gasteiger partial charge in [0.05, 0.1) is 10.8 Å². The number of halogens is 6. The molecule has 1 atom stereocenters. The molecule has 14 heteroatoms. The van der Waals surface area contributed by atoms with Crippen molar-refractivity contribution in [2.75, 3.05) is 6.61 Å². The minimum absolute atomic E-state index is 0.211. The van der Waals surface area contributed by atoms with E-state index in [1.54, 1.807) is 5.10 Å². The Hall–Kier alpha value is -1.99. The fraction of sp³-hybridized carbons (Fsp3) is 0.692. The van der Waals surface area contributed by atoms with Crippen LogP contribution in [0.3, 0.4) is 0 Å². The fourth-order valence-corrected chi connectivity index (χ4v) is 3.93. The van der Waals surface area contributed by atoms with Crippen LogP contribution in [0, 0.1) is 0 Å². The van der Waals surface area contributed by atoms with E-state index < -0.39 is 61.8 Å². The first-order chi connectivity index (χ1) is 12.0. The second-order valence-electron chi connectivity index (χ2n) is 6.42. The molecule has 1 aliphatic rings. The van der Waals surface area contributed by atoms with E-state index in [1.165, 1.54) is 13.8 Å². The number of H-pyrrole nitrogens is 1. The molecule has 0 aliphatic carbocycles. The average molecular weight is 423 g/mol. The highest BCUT2D eigenvalue weighted by atomic mass is 32.2. The molecule has 0 spiro atoms. The topological polar surface area (TPSA) is 93.6 Å². The van der Waals surface area contributed by atoms with Crippen LogP contribution in [0.15, 0.2) is 5.16 Å². The lowest BCUT2D eigenvalue weighted by Gasteiger charge is -2.17. The monoisotopic (exact) mass is 423 g/mol. The SMILES string of the molecule is CC(c1c(C(F)(F)F)n[nH]c1OCC(F)(F)F)S(=O)(=O)C1=NOC(C)(C)C1. The Labute approximate surface area is 149 Å². The van der Waals surface area contributed by atoms with Crippen molar-refractivity contribution < 1.29 is 44.3 Å². The number of sulfone groups is 1. The maximum absolute atomic E-state index is 13.2. The summed E-state index contributed by atoms with van der Waals surface area (Å²) in [5.74, 6) is -1.03. The van der Waals surface area contributed by atoms with E-state index in [-0.39, 0.29) is 6.42 Å². The molecule has 1 unspecified atom stereocenters. The smallest absolute Gasteiger partial charge is 0.435 e. The zero-order chi connectivity index (χ0) is 20.8. The van der Waals surface area contributed by atoms with E-state index in [4.69, 9.17) is 4.84 Å². The largest absolute Gasteiger partial charge is 0.468 e. The Kier molecular flexibility index (Phi) is 5.18. The van der Waals surface area contributed by atoms with Gasteiger partial charge in [-0.05, 0) is 20.8 Å². The molecule has 154 valence electrons. The van der Waals surface area contributed by atoms with Crippen molar-refractivity contribution in [2.45, 2.75) is 50.4 Å². The minimum atomic E-state index is -5.12. The van der Waals surface area contributed by atoms with Crippen LogP contribution in [-0.4, -0.2) is 42.0 Å². The van der Waals surface area contributed by atoms with Gasteiger partial charge in [-0.2, -0.15) is 31.4 Å².